The number of anilines is 3. The van der Waals surface area contributed by atoms with E-state index in [1.807, 2.05) is 32.0 Å². The van der Waals surface area contributed by atoms with E-state index < -0.39 is 17.6 Å². The third-order valence-electron chi connectivity index (χ3n) is 3.86. The van der Waals surface area contributed by atoms with Crippen LogP contribution in [-0.4, -0.2) is 15.9 Å². The summed E-state index contributed by atoms with van der Waals surface area (Å²) in [6, 6.07) is 10.1. The molecule has 0 saturated heterocycles. The summed E-state index contributed by atoms with van der Waals surface area (Å²) in [4.78, 5) is 20.4. The van der Waals surface area contributed by atoms with Crippen molar-refractivity contribution in [3.8, 4) is 0 Å². The number of aromatic nitrogens is 2. The lowest BCUT2D eigenvalue weighted by molar-refractivity contribution is -0.137. The summed E-state index contributed by atoms with van der Waals surface area (Å²) in [5.41, 5.74) is 2.67. The zero-order valence-corrected chi connectivity index (χ0v) is 15.1. The molecule has 3 aromatic rings. The highest BCUT2D eigenvalue weighted by atomic mass is 19.4. The molecule has 0 saturated carbocycles. The van der Waals surface area contributed by atoms with Crippen molar-refractivity contribution in [2.45, 2.75) is 20.0 Å². The second-order valence-electron chi connectivity index (χ2n) is 6.33. The van der Waals surface area contributed by atoms with Gasteiger partial charge in [0.1, 0.15) is 0 Å². The largest absolute Gasteiger partial charge is 0.416 e. The van der Waals surface area contributed by atoms with Crippen LogP contribution in [0.5, 0.6) is 0 Å². The van der Waals surface area contributed by atoms with Crippen LogP contribution in [0.1, 0.15) is 27.0 Å². The van der Waals surface area contributed by atoms with Crippen molar-refractivity contribution in [1.29, 1.82) is 0 Å². The molecule has 0 bridgehead atoms. The van der Waals surface area contributed by atoms with Gasteiger partial charge in [0.05, 0.1) is 11.1 Å². The average Bonchev–Trinajstić information content (AvgIpc) is 2.61. The quantitative estimate of drug-likeness (QED) is 0.654. The van der Waals surface area contributed by atoms with Crippen LogP contribution in [0.4, 0.5) is 30.5 Å². The Morgan fingerprint density at radius 3 is 2.00 bits per heavy atom. The summed E-state index contributed by atoms with van der Waals surface area (Å²) in [5, 5.41) is 5.58. The minimum absolute atomic E-state index is 0.186. The molecule has 3 rings (SSSR count). The van der Waals surface area contributed by atoms with Gasteiger partial charge in [-0.1, -0.05) is 6.07 Å². The summed E-state index contributed by atoms with van der Waals surface area (Å²) >= 11 is 0. The molecule has 5 nitrogen and oxygen atoms in total. The van der Waals surface area contributed by atoms with Crippen LogP contribution in [0.25, 0.3) is 0 Å². The molecule has 2 N–H and O–H groups in total. The maximum Gasteiger partial charge on any atom is 0.416 e. The maximum atomic E-state index is 12.6. The molecular weight excluding hydrogens is 369 g/mol. The third kappa shape index (κ3) is 4.85. The van der Waals surface area contributed by atoms with Crippen LogP contribution in [0.2, 0.25) is 0 Å². The summed E-state index contributed by atoms with van der Waals surface area (Å²) in [5.74, 6) is -0.186. The molecule has 1 amide bonds. The van der Waals surface area contributed by atoms with E-state index in [-0.39, 0.29) is 11.3 Å². The molecule has 144 valence electrons. The van der Waals surface area contributed by atoms with Crippen LogP contribution in [-0.2, 0) is 6.18 Å². The number of rotatable bonds is 4. The molecule has 1 aromatic heterocycles. The first-order valence-electron chi connectivity index (χ1n) is 8.37. The van der Waals surface area contributed by atoms with Gasteiger partial charge in [0, 0.05) is 23.8 Å². The molecular formula is C20H17F3N4O. The standard InChI is InChI=1S/C20H17F3N4O/c1-12-7-13(2)9-17(8-12)27-19-24-10-14(11-25-19)18(28)26-16-5-3-15(4-6-16)20(21,22)23/h3-11H,1-2H3,(H,26,28)(H,24,25,27). The highest BCUT2D eigenvalue weighted by Crippen LogP contribution is 2.29. The molecule has 1 heterocycles. The van der Waals surface area contributed by atoms with E-state index in [1.165, 1.54) is 24.5 Å². The molecule has 0 unspecified atom stereocenters. The number of hydrogen-bond acceptors (Lipinski definition) is 4. The lowest BCUT2D eigenvalue weighted by Crippen LogP contribution is -2.13. The van der Waals surface area contributed by atoms with Gasteiger partial charge in [0.2, 0.25) is 5.95 Å². The predicted molar refractivity (Wildman–Crippen MR) is 101 cm³/mol. The first-order valence-corrected chi connectivity index (χ1v) is 8.37. The van der Waals surface area contributed by atoms with E-state index in [0.29, 0.717) is 5.95 Å². The van der Waals surface area contributed by atoms with Gasteiger partial charge in [-0.25, -0.2) is 9.97 Å². The molecule has 0 fully saturated rings. The van der Waals surface area contributed by atoms with Crippen molar-refractivity contribution in [1.82, 2.24) is 9.97 Å². The Kier molecular flexibility index (Phi) is 5.30. The van der Waals surface area contributed by atoms with Gasteiger partial charge in [-0.05, 0) is 61.4 Å². The first-order chi connectivity index (χ1) is 13.2. The van der Waals surface area contributed by atoms with Gasteiger partial charge < -0.3 is 10.6 Å². The van der Waals surface area contributed by atoms with Crippen LogP contribution in [0, 0.1) is 13.8 Å². The molecule has 0 aliphatic carbocycles. The topological polar surface area (TPSA) is 66.9 Å². The van der Waals surface area contributed by atoms with E-state index in [9.17, 15) is 18.0 Å². The van der Waals surface area contributed by atoms with Gasteiger partial charge in [0.15, 0.2) is 0 Å². The smallest absolute Gasteiger partial charge is 0.324 e. The number of amides is 1. The van der Waals surface area contributed by atoms with Crippen molar-refractivity contribution in [3.63, 3.8) is 0 Å². The number of nitrogens with zero attached hydrogens (tertiary/aromatic N) is 2. The fourth-order valence-electron chi connectivity index (χ4n) is 2.63. The Hall–Kier alpha value is -3.42. The molecule has 0 spiro atoms. The number of carbonyl (C=O) groups is 1. The van der Waals surface area contributed by atoms with Gasteiger partial charge in [-0.3, -0.25) is 4.79 Å². The molecule has 0 aliphatic heterocycles. The highest BCUT2D eigenvalue weighted by Gasteiger charge is 2.30. The van der Waals surface area contributed by atoms with Gasteiger partial charge >= 0.3 is 6.18 Å². The second kappa shape index (κ2) is 7.67. The SMILES string of the molecule is Cc1cc(C)cc(Nc2ncc(C(=O)Nc3ccc(C(F)(F)F)cc3)cn2)c1. The maximum absolute atomic E-state index is 12.6. The molecule has 0 radical (unpaired) electrons. The lowest BCUT2D eigenvalue weighted by atomic mass is 10.1. The summed E-state index contributed by atoms with van der Waals surface area (Å²) < 4.78 is 37.7. The number of alkyl halides is 3. The Morgan fingerprint density at radius 2 is 1.46 bits per heavy atom. The first kappa shape index (κ1) is 19.3. The zero-order valence-electron chi connectivity index (χ0n) is 15.1. The zero-order chi connectivity index (χ0) is 20.3. The van der Waals surface area contributed by atoms with Crippen LogP contribution in [0.3, 0.4) is 0 Å². The van der Waals surface area contributed by atoms with Crippen LogP contribution >= 0.6 is 0 Å². The highest BCUT2D eigenvalue weighted by molar-refractivity contribution is 6.03. The third-order valence-corrected chi connectivity index (χ3v) is 3.86. The fourth-order valence-corrected chi connectivity index (χ4v) is 2.63. The van der Waals surface area contributed by atoms with Crippen LogP contribution in [0.15, 0.2) is 54.9 Å². The summed E-state index contributed by atoms with van der Waals surface area (Å²) in [6.45, 7) is 3.96. The van der Waals surface area contributed by atoms with E-state index in [2.05, 4.69) is 20.6 Å². The Labute approximate surface area is 159 Å². The van der Waals surface area contributed by atoms with Crippen molar-refractivity contribution in [2.75, 3.05) is 10.6 Å². The molecule has 0 aliphatic rings. The second-order valence-corrected chi connectivity index (χ2v) is 6.33. The normalized spacial score (nSPS) is 11.2. The number of halogens is 3. The van der Waals surface area contributed by atoms with Crippen molar-refractivity contribution < 1.29 is 18.0 Å². The molecule has 8 heteroatoms. The van der Waals surface area contributed by atoms with Crippen molar-refractivity contribution >= 4 is 23.2 Å². The van der Waals surface area contributed by atoms with E-state index in [4.69, 9.17) is 0 Å². The number of hydrogen-bond donors (Lipinski definition) is 2. The Morgan fingerprint density at radius 1 is 0.893 bits per heavy atom. The van der Waals surface area contributed by atoms with E-state index >= 15 is 0 Å². The van der Waals surface area contributed by atoms with Gasteiger partial charge in [0.25, 0.3) is 5.91 Å². The minimum atomic E-state index is -4.42. The van der Waals surface area contributed by atoms with Crippen molar-refractivity contribution in [2.24, 2.45) is 0 Å². The average molecular weight is 386 g/mol. The van der Waals surface area contributed by atoms with Crippen LogP contribution < -0.4 is 10.6 Å². The Balaban J connectivity index is 1.66. The monoisotopic (exact) mass is 386 g/mol. The predicted octanol–water partition coefficient (Wildman–Crippen LogP) is 5.11. The van der Waals surface area contributed by atoms with E-state index in [1.54, 1.807) is 0 Å². The molecule has 0 atom stereocenters. The minimum Gasteiger partial charge on any atom is -0.324 e. The lowest BCUT2D eigenvalue weighted by Gasteiger charge is -2.09. The molecule has 2 aromatic carbocycles. The van der Waals surface area contributed by atoms with Gasteiger partial charge in [-0.15, -0.1) is 0 Å². The number of nitrogens with one attached hydrogen (secondary N) is 2. The number of benzene rings is 2. The molecule has 28 heavy (non-hydrogen) atoms. The van der Waals surface area contributed by atoms with Gasteiger partial charge in [-0.2, -0.15) is 13.2 Å². The van der Waals surface area contributed by atoms with E-state index in [0.717, 1.165) is 28.9 Å². The fraction of sp³-hybridized carbons (Fsp3) is 0.150. The Bertz CT molecular complexity index is 964. The number of carbonyl (C=O) groups excluding carboxylic acids is 1. The summed E-state index contributed by atoms with van der Waals surface area (Å²) in [6.07, 6.45) is -1.73. The summed E-state index contributed by atoms with van der Waals surface area (Å²) in [7, 11) is 0. The van der Waals surface area contributed by atoms with Crippen molar-refractivity contribution in [3.05, 3.63) is 77.1 Å². The number of aryl methyl sites for hydroxylation is 2.